The lowest BCUT2D eigenvalue weighted by atomic mass is 10.0. The van der Waals surface area contributed by atoms with Gasteiger partial charge in [0.25, 0.3) is 5.91 Å². The summed E-state index contributed by atoms with van der Waals surface area (Å²) in [6.07, 6.45) is 4.16. The van der Waals surface area contributed by atoms with Crippen LogP contribution < -0.4 is 10.6 Å². The predicted molar refractivity (Wildman–Crippen MR) is 97.6 cm³/mol. The van der Waals surface area contributed by atoms with Crippen molar-refractivity contribution in [3.05, 3.63) is 23.7 Å². The number of hydrogen-bond donors (Lipinski definition) is 2. The zero-order valence-corrected chi connectivity index (χ0v) is 15.8. The molecule has 144 valence electrons. The summed E-state index contributed by atoms with van der Waals surface area (Å²) in [6, 6.07) is 1.78. The third-order valence-electron chi connectivity index (χ3n) is 4.64. The van der Waals surface area contributed by atoms with Crippen LogP contribution in [0.15, 0.2) is 16.7 Å². The summed E-state index contributed by atoms with van der Waals surface area (Å²) in [6.45, 7) is 7.14. The highest BCUT2D eigenvalue weighted by atomic mass is 16.3. The molecule has 0 radical (unpaired) electrons. The summed E-state index contributed by atoms with van der Waals surface area (Å²) >= 11 is 0. The van der Waals surface area contributed by atoms with Gasteiger partial charge in [0.1, 0.15) is 0 Å². The molecule has 2 rings (SSSR count). The van der Waals surface area contributed by atoms with E-state index in [-0.39, 0.29) is 30.3 Å². The van der Waals surface area contributed by atoms with Crippen LogP contribution in [0.4, 0.5) is 0 Å². The van der Waals surface area contributed by atoms with Gasteiger partial charge < -0.3 is 20.0 Å². The molecule has 1 aromatic rings. The van der Waals surface area contributed by atoms with Gasteiger partial charge in [0.05, 0.1) is 12.8 Å². The van der Waals surface area contributed by atoms with E-state index in [0.29, 0.717) is 44.0 Å². The number of carbonyl (C=O) groups excluding carboxylic acids is 3. The summed E-state index contributed by atoms with van der Waals surface area (Å²) in [5, 5.41) is 5.65. The van der Waals surface area contributed by atoms with E-state index < -0.39 is 0 Å². The summed E-state index contributed by atoms with van der Waals surface area (Å²) < 4.78 is 5.20. The molecule has 0 unspecified atom stereocenters. The van der Waals surface area contributed by atoms with E-state index in [0.717, 1.165) is 12.0 Å². The SMILES string of the molecule is Cc1ccoc1C(=O)NC1CCN(C(=O)CNC(=O)CCC(C)C)CC1. The number of piperidine rings is 1. The van der Waals surface area contributed by atoms with Gasteiger partial charge in [0.2, 0.25) is 11.8 Å². The third kappa shape index (κ3) is 5.89. The number of nitrogens with zero attached hydrogens (tertiary/aromatic N) is 1. The van der Waals surface area contributed by atoms with Crippen LogP contribution in [-0.2, 0) is 9.59 Å². The van der Waals surface area contributed by atoms with Crippen LogP contribution in [0.2, 0.25) is 0 Å². The van der Waals surface area contributed by atoms with E-state index in [2.05, 4.69) is 24.5 Å². The Morgan fingerprint density at radius 1 is 1.27 bits per heavy atom. The van der Waals surface area contributed by atoms with Crippen molar-refractivity contribution in [2.75, 3.05) is 19.6 Å². The second kappa shape index (κ2) is 9.40. The molecule has 1 fully saturated rings. The highest BCUT2D eigenvalue weighted by Gasteiger charge is 2.25. The fourth-order valence-electron chi connectivity index (χ4n) is 2.92. The maximum Gasteiger partial charge on any atom is 0.287 e. The van der Waals surface area contributed by atoms with Crippen LogP contribution in [0.5, 0.6) is 0 Å². The lowest BCUT2D eigenvalue weighted by molar-refractivity contribution is -0.133. The van der Waals surface area contributed by atoms with Gasteiger partial charge in [-0.3, -0.25) is 14.4 Å². The van der Waals surface area contributed by atoms with Gasteiger partial charge in [0, 0.05) is 31.1 Å². The average Bonchev–Trinajstić information content (AvgIpc) is 3.04. The van der Waals surface area contributed by atoms with E-state index in [9.17, 15) is 14.4 Å². The number of amides is 3. The number of aryl methyl sites for hydroxylation is 1. The fourth-order valence-corrected chi connectivity index (χ4v) is 2.92. The monoisotopic (exact) mass is 363 g/mol. The summed E-state index contributed by atoms with van der Waals surface area (Å²) in [5.41, 5.74) is 0.809. The molecule has 7 nitrogen and oxygen atoms in total. The Hall–Kier alpha value is -2.31. The molecule has 1 saturated heterocycles. The van der Waals surface area contributed by atoms with Crippen LogP contribution in [0.25, 0.3) is 0 Å². The molecule has 0 aliphatic carbocycles. The molecule has 0 spiro atoms. The van der Waals surface area contributed by atoms with Gasteiger partial charge in [-0.1, -0.05) is 13.8 Å². The minimum absolute atomic E-state index is 0.0247. The minimum Gasteiger partial charge on any atom is -0.459 e. The van der Waals surface area contributed by atoms with Crippen molar-refractivity contribution in [2.24, 2.45) is 5.92 Å². The van der Waals surface area contributed by atoms with E-state index >= 15 is 0 Å². The highest BCUT2D eigenvalue weighted by molar-refractivity contribution is 5.93. The Balaban J connectivity index is 1.69. The molecule has 0 saturated carbocycles. The normalized spacial score (nSPS) is 15.2. The first-order chi connectivity index (χ1) is 12.4. The second-order valence-electron chi connectivity index (χ2n) is 7.27. The topological polar surface area (TPSA) is 91.7 Å². The number of carbonyl (C=O) groups is 3. The Morgan fingerprint density at radius 2 is 1.96 bits per heavy atom. The molecule has 2 heterocycles. The molecule has 0 aromatic carbocycles. The molecule has 1 aliphatic heterocycles. The van der Waals surface area contributed by atoms with Gasteiger partial charge in [-0.15, -0.1) is 0 Å². The smallest absolute Gasteiger partial charge is 0.287 e. The predicted octanol–water partition coefficient (Wildman–Crippen LogP) is 1.86. The Bertz CT molecular complexity index is 630. The molecule has 1 aliphatic rings. The van der Waals surface area contributed by atoms with Crippen LogP contribution in [0, 0.1) is 12.8 Å². The van der Waals surface area contributed by atoms with Gasteiger partial charge in [-0.05, 0) is 38.2 Å². The van der Waals surface area contributed by atoms with Crippen LogP contribution in [0.3, 0.4) is 0 Å². The van der Waals surface area contributed by atoms with Crippen molar-refractivity contribution < 1.29 is 18.8 Å². The Labute approximate surface area is 154 Å². The van der Waals surface area contributed by atoms with Gasteiger partial charge >= 0.3 is 0 Å². The van der Waals surface area contributed by atoms with Crippen molar-refractivity contribution in [2.45, 2.75) is 52.5 Å². The standard InChI is InChI=1S/C19H29N3O4/c1-13(2)4-5-16(23)20-12-17(24)22-9-6-15(7-10-22)21-19(25)18-14(3)8-11-26-18/h8,11,13,15H,4-7,9-10,12H2,1-3H3,(H,20,23)(H,21,25). The zero-order chi connectivity index (χ0) is 19.1. The van der Waals surface area contributed by atoms with Crippen molar-refractivity contribution in [3.8, 4) is 0 Å². The molecule has 3 amide bonds. The molecular weight excluding hydrogens is 334 g/mol. The number of likely N-dealkylation sites (tertiary alicyclic amines) is 1. The van der Waals surface area contributed by atoms with Crippen molar-refractivity contribution in [1.82, 2.24) is 15.5 Å². The maximum absolute atomic E-state index is 12.2. The summed E-state index contributed by atoms with van der Waals surface area (Å²) in [4.78, 5) is 37.8. The van der Waals surface area contributed by atoms with E-state index in [1.54, 1.807) is 11.0 Å². The van der Waals surface area contributed by atoms with Crippen molar-refractivity contribution >= 4 is 17.7 Å². The second-order valence-corrected chi connectivity index (χ2v) is 7.27. The molecular formula is C19H29N3O4. The van der Waals surface area contributed by atoms with E-state index in [1.165, 1.54) is 6.26 Å². The van der Waals surface area contributed by atoms with E-state index in [4.69, 9.17) is 4.42 Å². The molecule has 1 aromatic heterocycles. The lowest BCUT2D eigenvalue weighted by Crippen LogP contribution is -2.49. The first-order valence-corrected chi connectivity index (χ1v) is 9.26. The number of hydrogen-bond acceptors (Lipinski definition) is 4. The first-order valence-electron chi connectivity index (χ1n) is 9.26. The number of rotatable bonds is 7. The fraction of sp³-hybridized carbons (Fsp3) is 0.632. The maximum atomic E-state index is 12.2. The van der Waals surface area contributed by atoms with Gasteiger partial charge in [0.15, 0.2) is 5.76 Å². The van der Waals surface area contributed by atoms with Crippen LogP contribution in [-0.4, -0.2) is 48.3 Å². The molecule has 0 bridgehead atoms. The van der Waals surface area contributed by atoms with Crippen molar-refractivity contribution in [3.63, 3.8) is 0 Å². The molecule has 0 atom stereocenters. The largest absolute Gasteiger partial charge is 0.459 e. The van der Waals surface area contributed by atoms with Crippen LogP contribution >= 0.6 is 0 Å². The third-order valence-corrected chi connectivity index (χ3v) is 4.64. The van der Waals surface area contributed by atoms with Crippen LogP contribution in [0.1, 0.15) is 55.6 Å². The zero-order valence-electron chi connectivity index (χ0n) is 15.8. The average molecular weight is 363 g/mol. The Morgan fingerprint density at radius 3 is 2.54 bits per heavy atom. The van der Waals surface area contributed by atoms with Gasteiger partial charge in [-0.2, -0.15) is 0 Å². The molecule has 2 N–H and O–H groups in total. The first kappa shape index (κ1) is 20.0. The lowest BCUT2D eigenvalue weighted by Gasteiger charge is -2.32. The molecule has 26 heavy (non-hydrogen) atoms. The van der Waals surface area contributed by atoms with Crippen molar-refractivity contribution in [1.29, 1.82) is 0 Å². The summed E-state index contributed by atoms with van der Waals surface area (Å²) in [7, 11) is 0. The summed E-state index contributed by atoms with van der Waals surface area (Å²) in [5.74, 6) is 0.440. The van der Waals surface area contributed by atoms with Gasteiger partial charge in [-0.25, -0.2) is 0 Å². The quantitative estimate of drug-likeness (QED) is 0.773. The number of furan rings is 1. The van der Waals surface area contributed by atoms with E-state index in [1.807, 2.05) is 6.92 Å². The number of nitrogens with one attached hydrogen (secondary N) is 2. The Kier molecular flexibility index (Phi) is 7.24. The minimum atomic E-state index is -0.213. The highest BCUT2D eigenvalue weighted by Crippen LogP contribution is 2.13. The molecule has 7 heteroatoms.